The third kappa shape index (κ3) is 6.33. The van der Waals surface area contributed by atoms with E-state index in [1.807, 2.05) is 38.1 Å². The molecule has 0 aromatic heterocycles. The van der Waals surface area contributed by atoms with E-state index in [9.17, 15) is 4.79 Å². The fourth-order valence-corrected chi connectivity index (χ4v) is 3.85. The molecule has 4 heteroatoms. The van der Waals surface area contributed by atoms with Crippen LogP contribution in [0.1, 0.15) is 43.4 Å². The van der Waals surface area contributed by atoms with Crippen molar-refractivity contribution in [2.75, 3.05) is 20.1 Å². The summed E-state index contributed by atoms with van der Waals surface area (Å²) in [5.41, 5.74) is 3.48. The number of ether oxygens (including phenoxy) is 1. The molecule has 3 rings (SSSR count). The maximum Gasteiger partial charge on any atom is 0.227 e. The van der Waals surface area contributed by atoms with E-state index in [0.29, 0.717) is 19.0 Å². The minimum absolute atomic E-state index is 0.150. The second-order valence-electron chi connectivity index (χ2n) is 8.53. The SMILES string of the molecule is Cc1ccc(CN(C(=O)Cc2ccc(OC(C)C)cc2)C2CCN(C)CC2)cc1. The summed E-state index contributed by atoms with van der Waals surface area (Å²) >= 11 is 0. The van der Waals surface area contributed by atoms with E-state index >= 15 is 0 Å². The zero-order valence-electron chi connectivity index (χ0n) is 18.2. The maximum absolute atomic E-state index is 13.3. The van der Waals surface area contributed by atoms with Crippen molar-refractivity contribution in [3.8, 4) is 5.75 Å². The van der Waals surface area contributed by atoms with Crippen LogP contribution in [0.4, 0.5) is 0 Å². The van der Waals surface area contributed by atoms with Crippen molar-refractivity contribution in [2.45, 2.75) is 58.7 Å². The Hall–Kier alpha value is -2.33. The van der Waals surface area contributed by atoms with Crippen LogP contribution in [-0.2, 0) is 17.8 Å². The Balaban J connectivity index is 1.71. The molecule has 1 saturated heterocycles. The standard InChI is InChI=1S/C25H34N2O2/c1-19(2)29-24-11-9-21(10-12-24)17-25(28)27(23-13-15-26(4)16-14-23)18-22-7-5-20(3)6-8-22/h5-12,19,23H,13-18H2,1-4H3. The van der Waals surface area contributed by atoms with Crippen molar-refractivity contribution < 1.29 is 9.53 Å². The van der Waals surface area contributed by atoms with Crippen LogP contribution in [0.3, 0.4) is 0 Å². The molecule has 1 fully saturated rings. The monoisotopic (exact) mass is 394 g/mol. The Morgan fingerprint density at radius 2 is 1.62 bits per heavy atom. The van der Waals surface area contributed by atoms with Crippen LogP contribution < -0.4 is 4.74 Å². The first kappa shape index (κ1) is 21.4. The summed E-state index contributed by atoms with van der Waals surface area (Å²) in [6, 6.07) is 16.8. The fraction of sp³-hybridized carbons (Fsp3) is 0.480. The van der Waals surface area contributed by atoms with Crippen molar-refractivity contribution in [2.24, 2.45) is 0 Å². The normalized spacial score (nSPS) is 15.5. The molecule has 2 aromatic carbocycles. The molecule has 1 aliphatic rings. The van der Waals surface area contributed by atoms with E-state index in [-0.39, 0.29) is 12.0 Å². The van der Waals surface area contributed by atoms with Gasteiger partial charge in [0.15, 0.2) is 0 Å². The number of likely N-dealkylation sites (tertiary alicyclic amines) is 1. The van der Waals surface area contributed by atoms with Crippen LogP contribution in [0, 0.1) is 6.92 Å². The van der Waals surface area contributed by atoms with Gasteiger partial charge in [-0.05, 0) is 77.0 Å². The van der Waals surface area contributed by atoms with Crippen LogP contribution in [0.25, 0.3) is 0 Å². The summed E-state index contributed by atoms with van der Waals surface area (Å²) < 4.78 is 5.72. The average Bonchev–Trinajstić information content (AvgIpc) is 2.69. The van der Waals surface area contributed by atoms with Crippen LogP contribution in [-0.4, -0.2) is 48.0 Å². The summed E-state index contributed by atoms with van der Waals surface area (Å²) in [4.78, 5) is 17.8. The largest absolute Gasteiger partial charge is 0.491 e. The Bertz CT molecular complexity index is 775. The van der Waals surface area contributed by atoms with E-state index in [4.69, 9.17) is 4.74 Å². The number of nitrogens with zero attached hydrogens (tertiary/aromatic N) is 2. The van der Waals surface area contributed by atoms with Crippen molar-refractivity contribution in [3.05, 3.63) is 65.2 Å². The quantitative estimate of drug-likeness (QED) is 0.696. The lowest BCUT2D eigenvalue weighted by molar-refractivity contribution is -0.134. The smallest absolute Gasteiger partial charge is 0.227 e. The van der Waals surface area contributed by atoms with E-state index in [1.54, 1.807) is 0 Å². The summed E-state index contributed by atoms with van der Waals surface area (Å²) in [6.45, 7) is 8.90. The van der Waals surface area contributed by atoms with Crippen LogP contribution in [0.2, 0.25) is 0 Å². The number of hydrogen-bond donors (Lipinski definition) is 0. The molecule has 0 atom stereocenters. The number of benzene rings is 2. The zero-order chi connectivity index (χ0) is 20.8. The summed E-state index contributed by atoms with van der Waals surface area (Å²) in [7, 11) is 2.16. The first-order valence-electron chi connectivity index (χ1n) is 10.7. The van der Waals surface area contributed by atoms with Gasteiger partial charge in [0.05, 0.1) is 12.5 Å². The van der Waals surface area contributed by atoms with Gasteiger partial charge in [-0.15, -0.1) is 0 Å². The maximum atomic E-state index is 13.3. The van der Waals surface area contributed by atoms with Crippen molar-refractivity contribution in [1.82, 2.24) is 9.80 Å². The van der Waals surface area contributed by atoms with Gasteiger partial charge < -0.3 is 14.5 Å². The van der Waals surface area contributed by atoms with Gasteiger partial charge in [-0.2, -0.15) is 0 Å². The van der Waals surface area contributed by atoms with Crippen LogP contribution in [0.5, 0.6) is 5.75 Å². The zero-order valence-corrected chi connectivity index (χ0v) is 18.2. The predicted molar refractivity (Wildman–Crippen MR) is 118 cm³/mol. The van der Waals surface area contributed by atoms with Crippen LogP contribution in [0.15, 0.2) is 48.5 Å². The molecule has 0 saturated carbocycles. The second kappa shape index (κ2) is 9.93. The highest BCUT2D eigenvalue weighted by molar-refractivity contribution is 5.79. The van der Waals surface area contributed by atoms with E-state index in [1.165, 1.54) is 11.1 Å². The Morgan fingerprint density at radius 3 is 2.21 bits per heavy atom. The van der Waals surface area contributed by atoms with Crippen LogP contribution >= 0.6 is 0 Å². The highest BCUT2D eigenvalue weighted by Crippen LogP contribution is 2.21. The number of carbonyl (C=O) groups is 1. The first-order valence-corrected chi connectivity index (χ1v) is 10.7. The lowest BCUT2D eigenvalue weighted by Gasteiger charge is -2.37. The minimum Gasteiger partial charge on any atom is -0.491 e. The van der Waals surface area contributed by atoms with E-state index < -0.39 is 0 Å². The molecule has 156 valence electrons. The second-order valence-corrected chi connectivity index (χ2v) is 8.53. The molecule has 29 heavy (non-hydrogen) atoms. The third-order valence-electron chi connectivity index (χ3n) is 5.57. The number of piperidine rings is 1. The van der Waals surface area contributed by atoms with Gasteiger partial charge in [-0.1, -0.05) is 42.0 Å². The molecule has 0 radical (unpaired) electrons. The molecule has 0 unspecified atom stereocenters. The van der Waals surface area contributed by atoms with Gasteiger partial charge >= 0.3 is 0 Å². The van der Waals surface area contributed by atoms with Crippen molar-refractivity contribution in [1.29, 1.82) is 0 Å². The summed E-state index contributed by atoms with van der Waals surface area (Å²) in [5, 5.41) is 0. The average molecular weight is 395 g/mol. The van der Waals surface area contributed by atoms with Gasteiger partial charge in [0.2, 0.25) is 5.91 Å². The lowest BCUT2D eigenvalue weighted by Crippen LogP contribution is -2.46. The summed E-state index contributed by atoms with van der Waals surface area (Å²) in [6.07, 6.45) is 2.65. The Labute approximate surface area is 175 Å². The molecule has 2 aromatic rings. The molecule has 4 nitrogen and oxygen atoms in total. The van der Waals surface area contributed by atoms with E-state index in [0.717, 1.165) is 37.2 Å². The lowest BCUT2D eigenvalue weighted by atomic mass is 10.0. The van der Waals surface area contributed by atoms with Gasteiger partial charge in [0.1, 0.15) is 5.75 Å². The highest BCUT2D eigenvalue weighted by atomic mass is 16.5. The Morgan fingerprint density at radius 1 is 1.03 bits per heavy atom. The number of hydrogen-bond acceptors (Lipinski definition) is 3. The molecule has 0 aliphatic carbocycles. The Kier molecular flexibility index (Phi) is 7.32. The molecular weight excluding hydrogens is 360 g/mol. The molecule has 1 aliphatic heterocycles. The first-order chi connectivity index (χ1) is 13.9. The predicted octanol–water partition coefficient (Wildman–Crippen LogP) is 4.45. The van der Waals surface area contributed by atoms with E-state index in [2.05, 4.69) is 48.0 Å². The topological polar surface area (TPSA) is 32.8 Å². The molecular formula is C25H34N2O2. The van der Waals surface area contributed by atoms with Gasteiger partial charge in [-0.3, -0.25) is 4.79 Å². The molecule has 0 bridgehead atoms. The van der Waals surface area contributed by atoms with Gasteiger partial charge in [-0.25, -0.2) is 0 Å². The molecule has 0 spiro atoms. The van der Waals surface area contributed by atoms with Gasteiger partial charge in [0.25, 0.3) is 0 Å². The molecule has 0 N–H and O–H groups in total. The minimum atomic E-state index is 0.150. The van der Waals surface area contributed by atoms with Crippen molar-refractivity contribution in [3.63, 3.8) is 0 Å². The number of rotatable bonds is 7. The third-order valence-corrected chi connectivity index (χ3v) is 5.57. The number of carbonyl (C=O) groups excluding carboxylic acids is 1. The highest BCUT2D eigenvalue weighted by Gasteiger charge is 2.27. The number of amides is 1. The molecule has 1 heterocycles. The molecule has 1 amide bonds. The fourth-order valence-electron chi connectivity index (χ4n) is 3.85. The van der Waals surface area contributed by atoms with Gasteiger partial charge in [0, 0.05) is 12.6 Å². The number of aryl methyl sites for hydroxylation is 1. The van der Waals surface area contributed by atoms with Crippen molar-refractivity contribution >= 4 is 5.91 Å². The summed E-state index contributed by atoms with van der Waals surface area (Å²) in [5.74, 6) is 1.06.